The van der Waals surface area contributed by atoms with E-state index in [0.717, 1.165) is 0 Å². The van der Waals surface area contributed by atoms with Crippen molar-refractivity contribution in [2.75, 3.05) is 16.9 Å². The molecule has 0 unspecified atom stereocenters. The molecule has 1 aromatic heterocycles. The van der Waals surface area contributed by atoms with E-state index in [-0.39, 0.29) is 18.2 Å². The lowest BCUT2D eigenvalue weighted by Gasteiger charge is -2.05. The molecule has 0 aliphatic rings. The summed E-state index contributed by atoms with van der Waals surface area (Å²) in [5.74, 6) is -0.863. The molecule has 1 rings (SSSR count). The first kappa shape index (κ1) is 14.9. The van der Waals surface area contributed by atoms with Gasteiger partial charge in [-0.2, -0.15) is 0 Å². The predicted octanol–water partition coefficient (Wildman–Crippen LogP) is 0.0867. The first-order chi connectivity index (χ1) is 8.40. The number of hydrogen-bond acceptors (Lipinski definition) is 4. The van der Waals surface area contributed by atoms with Crippen molar-refractivity contribution in [3.05, 3.63) is 24.5 Å². The summed E-state index contributed by atoms with van der Waals surface area (Å²) >= 11 is 5.36. The van der Waals surface area contributed by atoms with Gasteiger partial charge in [0, 0.05) is 18.2 Å². The molecule has 0 atom stereocenters. The number of aryl methyl sites for hydroxylation is 1. The fourth-order valence-corrected chi connectivity index (χ4v) is 1.90. The smallest absolute Gasteiger partial charge is 0.239 e. The minimum absolute atomic E-state index is 0.136. The Labute approximate surface area is 110 Å². The maximum absolute atomic E-state index is 11.1. The first-order valence-corrected chi connectivity index (χ1v) is 7.30. The Morgan fingerprint density at radius 1 is 1.50 bits per heavy atom. The fourth-order valence-electron chi connectivity index (χ4n) is 1.35. The number of halogens is 1. The number of anilines is 1. The Hall–Kier alpha value is -1.18. The van der Waals surface area contributed by atoms with Crippen molar-refractivity contribution in [3.63, 3.8) is 0 Å². The molecule has 0 aliphatic carbocycles. The van der Waals surface area contributed by atoms with Crippen LogP contribution in [0.1, 0.15) is 6.42 Å². The van der Waals surface area contributed by atoms with Crippen molar-refractivity contribution in [3.8, 4) is 0 Å². The zero-order valence-corrected chi connectivity index (χ0v) is 11.1. The second-order valence-electron chi connectivity index (χ2n) is 3.63. The molecular formula is C10H13ClN2O4S. The summed E-state index contributed by atoms with van der Waals surface area (Å²) in [4.78, 5) is 11.1. The van der Waals surface area contributed by atoms with Crippen LogP contribution in [0.5, 0.6) is 0 Å². The molecular weight excluding hydrogens is 280 g/mol. The van der Waals surface area contributed by atoms with Crippen LogP contribution in [-0.2, 0) is 21.5 Å². The monoisotopic (exact) mass is 292 g/mol. The van der Waals surface area contributed by atoms with Crippen LogP contribution in [0.4, 0.5) is 5.69 Å². The average molecular weight is 293 g/mol. The van der Waals surface area contributed by atoms with E-state index in [1.165, 1.54) is 0 Å². The van der Waals surface area contributed by atoms with Crippen molar-refractivity contribution < 1.29 is 22.3 Å². The minimum Gasteiger partial charge on any atom is -0.748 e. The van der Waals surface area contributed by atoms with Crippen LogP contribution in [-0.4, -0.2) is 30.5 Å². The van der Waals surface area contributed by atoms with Crippen LogP contribution in [0.3, 0.4) is 0 Å². The summed E-state index contributed by atoms with van der Waals surface area (Å²) < 4.78 is 33.0. The number of nitrogens with zero attached hydrogens (tertiary/aromatic N) is 1. The molecule has 0 aliphatic heterocycles. The summed E-state index contributed by atoms with van der Waals surface area (Å²) in [5.41, 5.74) is 0.563. The lowest BCUT2D eigenvalue weighted by atomic mass is 10.4. The van der Waals surface area contributed by atoms with Crippen LogP contribution < -0.4 is 9.88 Å². The Bertz CT molecular complexity index is 518. The highest BCUT2D eigenvalue weighted by atomic mass is 35.5. The highest BCUT2D eigenvalue weighted by molar-refractivity contribution is 7.85. The van der Waals surface area contributed by atoms with Gasteiger partial charge in [0.1, 0.15) is 18.1 Å². The molecule has 0 bridgehead atoms. The van der Waals surface area contributed by atoms with E-state index in [9.17, 15) is 17.8 Å². The second kappa shape index (κ2) is 6.67. The number of aromatic nitrogens is 1. The highest BCUT2D eigenvalue weighted by Crippen LogP contribution is 2.02. The third-order valence-electron chi connectivity index (χ3n) is 2.07. The Morgan fingerprint density at radius 2 is 2.22 bits per heavy atom. The number of amides is 1. The van der Waals surface area contributed by atoms with E-state index in [1.54, 1.807) is 29.1 Å². The van der Waals surface area contributed by atoms with Crippen LogP contribution in [0, 0.1) is 0 Å². The predicted molar refractivity (Wildman–Crippen MR) is 65.2 cm³/mol. The van der Waals surface area contributed by atoms with Crippen molar-refractivity contribution >= 4 is 33.3 Å². The van der Waals surface area contributed by atoms with Gasteiger partial charge < -0.3 is 9.87 Å². The molecule has 0 spiro atoms. The molecule has 0 aromatic carbocycles. The normalized spacial score (nSPS) is 11.2. The number of nitrogens with one attached hydrogen (secondary N) is 1. The number of pyridine rings is 1. The zero-order chi connectivity index (χ0) is 13.6. The second-order valence-corrected chi connectivity index (χ2v) is 5.42. The van der Waals surface area contributed by atoms with E-state index in [1.807, 2.05) is 0 Å². The minimum atomic E-state index is -4.18. The number of alkyl halides is 1. The third-order valence-corrected chi connectivity index (χ3v) is 3.11. The van der Waals surface area contributed by atoms with E-state index in [2.05, 4.69) is 5.32 Å². The molecule has 0 saturated heterocycles. The SMILES string of the molecule is O=C(CCl)Nc1ccc[n+](CCCS(=O)(=O)[O-])c1. The van der Waals surface area contributed by atoms with Gasteiger partial charge in [-0.3, -0.25) is 4.79 Å². The number of rotatable bonds is 6. The molecule has 1 heterocycles. The summed E-state index contributed by atoms with van der Waals surface area (Å²) in [5, 5.41) is 2.57. The first-order valence-electron chi connectivity index (χ1n) is 5.19. The Morgan fingerprint density at radius 3 is 2.83 bits per heavy atom. The highest BCUT2D eigenvalue weighted by Gasteiger charge is 2.06. The summed E-state index contributed by atoms with van der Waals surface area (Å²) in [6.07, 6.45) is 3.58. The van der Waals surface area contributed by atoms with E-state index in [4.69, 9.17) is 11.6 Å². The summed E-state index contributed by atoms with van der Waals surface area (Å²) in [7, 11) is -4.18. The van der Waals surface area contributed by atoms with Crippen LogP contribution in [0.2, 0.25) is 0 Å². The molecule has 0 fully saturated rings. The van der Waals surface area contributed by atoms with Gasteiger partial charge in [-0.1, -0.05) is 0 Å². The van der Waals surface area contributed by atoms with Crippen LogP contribution in [0.25, 0.3) is 0 Å². The van der Waals surface area contributed by atoms with E-state index >= 15 is 0 Å². The molecule has 0 radical (unpaired) electrons. The molecule has 8 heteroatoms. The number of hydrogen-bond donors (Lipinski definition) is 1. The molecule has 6 nitrogen and oxygen atoms in total. The number of carbonyl (C=O) groups excluding carboxylic acids is 1. The molecule has 100 valence electrons. The molecule has 0 saturated carbocycles. The lowest BCUT2D eigenvalue weighted by molar-refractivity contribution is -0.696. The van der Waals surface area contributed by atoms with Crippen molar-refractivity contribution in [1.82, 2.24) is 0 Å². The quantitative estimate of drug-likeness (QED) is 0.457. The lowest BCUT2D eigenvalue weighted by Crippen LogP contribution is -2.34. The Kier molecular flexibility index (Phi) is 5.52. The topological polar surface area (TPSA) is 90.2 Å². The van der Waals surface area contributed by atoms with E-state index < -0.39 is 15.9 Å². The van der Waals surface area contributed by atoms with Gasteiger partial charge in [0.15, 0.2) is 12.4 Å². The maximum atomic E-state index is 11.1. The maximum Gasteiger partial charge on any atom is 0.239 e. The van der Waals surface area contributed by atoms with E-state index in [0.29, 0.717) is 12.2 Å². The Balaban J connectivity index is 2.57. The summed E-state index contributed by atoms with van der Waals surface area (Å²) in [6.45, 7) is 0.381. The van der Waals surface area contributed by atoms with Gasteiger partial charge in [-0.15, -0.1) is 11.6 Å². The van der Waals surface area contributed by atoms with Crippen molar-refractivity contribution in [2.24, 2.45) is 0 Å². The van der Waals surface area contributed by atoms with Gasteiger partial charge in [0.2, 0.25) is 5.91 Å². The van der Waals surface area contributed by atoms with Crippen molar-refractivity contribution in [1.29, 1.82) is 0 Å². The summed E-state index contributed by atoms with van der Waals surface area (Å²) in [6, 6.07) is 3.39. The number of carbonyl (C=O) groups is 1. The molecule has 1 amide bonds. The van der Waals surface area contributed by atoms with Gasteiger partial charge >= 0.3 is 0 Å². The standard InChI is InChI=1S/C10H13ClN2O4S/c11-7-10(14)12-9-3-1-4-13(8-9)5-2-6-18(15,16)17/h1,3-4,8H,2,5-7H2,(H-,12,14,15,16,17). The van der Waals surface area contributed by atoms with Gasteiger partial charge in [-0.05, 0) is 6.07 Å². The van der Waals surface area contributed by atoms with Gasteiger partial charge in [-0.25, -0.2) is 13.0 Å². The average Bonchev–Trinajstić information content (AvgIpc) is 2.27. The fraction of sp³-hybridized carbons (Fsp3) is 0.400. The third kappa shape index (κ3) is 5.95. The van der Waals surface area contributed by atoms with Crippen molar-refractivity contribution in [2.45, 2.75) is 13.0 Å². The van der Waals surface area contributed by atoms with Crippen LogP contribution in [0.15, 0.2) is 24.5 Å². The molecule has 1 aromatic rings. The zero-order valence-electron chi connectivity index (χ0n) is 9.50. The van der Waals surface area contributed by atoms with Crippen LogP contribution >= 0.6 is 11.6 Å². The molecule has 18 heavy (non-hydrogen) atoms. The van der Waals surface area contributed by atoms with Gasteiger partial charge in [0.05, 0.1) is 10.1 Å². The molecule has 1 N–H and O–H groups in total. The van der Waals surface area contributed by atoms with Gasteiger partial charge in [0.25, 0.3) is 0 Å². The largest absolute Gasteiger partial charge is 0.748 e.